The van der Waals surface area contributed by atoms with Crippen LogP contribution in [0.25, 0.3) is 10.2 Å². The van der Waals surface area contributed by atoms with Crippen molar-refractivity contribution in [3.63, 3.8) is 0 Å². The summed E-state index contributed by atoms with van der Waals surface area (Å²) in [4.78, 5) is 24.6. The Kier molecular flexibility index (Phi) is 5.86. The highest BCUT2D eigenvalue weighted by molar-refractivity contribution is 7.22. The summed E-state index contributed by atoms with van der Waals surface area (Å²) in [6.07, 6.45) is 1.72. The third-order valence-electron chi connectivity index (χ3n) is 5.05. The van der Waals surface area contributed by atoms with Crippen molar-refractivity contribution in [2.45, 2.75) is 20.4 Å². The SMILES string of the molecule is COc1cc(OC)cc(C(=O)N(Cc2ccccn2)c2nc3c(C)ccc(C)c3s2)c1. The van der Waals surface area contributed by atoms with Gasteiger partial charge >= 0.3 is 0 Å². The molecule has 0 aliphatic rings. The standard InChI is InChI=1S/C24H23N3O3S/c1-15-8-9-16(2)22-21(15)26-24(31-22)27(14-18-7-5-6-10-25-18)23(28)17-11-19(29-3)13-20(12-17)30-4/h5-13H,14H2,1-4H3. The molecule has 6 nitrogen and oxygen atoms in total. The van der Waals surface area contributed by atoms with Crippen LogP contribution < -0.4 is 14.4 Å². The number of ether oxygens (including phenoxy) is 2. The van der Waals surface area contributed by atoms with E-state index in [1.807, 2.05) is 25.1 Å². The van der Waals surface area contributed by atoms with Crippen LogP contribution in [0.3, 0.4) is 0 Å². The van der Waals surface area contributed by atoms with Gasteiger partial charge in [0.15, 0.2) is 5.13 Å². The summed E-state index contributed by atoms with van der Waals surface area (Å²) >= 11 is 1.51. The van der Waals surface area contributed by atoms with Crippen molar-refractivity contribution in [3.05, 3.63) is 77.1 Å². The first-order valence-corrected chi connectivity index (χ1v) is 10.6. The minimum atomic E-state index is -0.197. The number of methoxy groups -OCH3 is 2. The second-order valence-corrected chi connectivity index (χ2v) is 8.16. The fourth-order valence-corrected chi connectivity index (χ4v) is 4.44. The molecule has 0 N–H and O–H groups in total. The Hall–Kier alpha value is -3.45. The number of thiazole rings is 1. The van der Waals surface area contributed by atoms with Gasteiger partial charge in [0.25, 0.3) is 5.91 Å². The molecule has 4 aromatic rings. The molecule has 2 aromatic heterocycles. The number of amides is 1. The predicted octanol–water partition coefficient (Wildman–Crippen LogP) is 5.17. The zero-order valence-electron chi connectivity index (χ0n) is 17.9. The van der Waals surface area contributed by atoms with Crippen LogP contribution in [0.4, 0.5) is 5.13 Å². The number of carbonyl (C=O) groups is 1. The van der Waals surface area contributed by atoms with Crippen molar-refractivity contribution in [1.82, 2.24) is 9.97 Å². The van der Waals surface area contributed by atoms with Crippen LogP contribution in [-0.4, -0.2) is 30.1 Å². The molecule has 0 aliphatic carbocycles. The van der Waals surface area contributed by atoms with Crippen LogP contribution >= 0.6 is 11.3 Å². The van der Waals surface area contributed by atoms with E-state index in [9.17, 15) is 4.79 Å². The number of pyridine rings is 1. The summed E-state index contributed by atoms with van der Waals surface area (Å²) in [5, 5.41) is 0.629. The van der Waals surface area contributed by atoms with Gasteiger partial charge in [-0.05, 0) is 49.2 Å². The van der Waals surface area contributed by atoms with Crippen LogP contribution in [-0.2, 0) is 6.54 Å². The molecule has 7 heteroatoms. The largest absolute Gasteiger partial charge is 0.497 e. The Morgan fingerprint density at radius 3 is 2.32 bits per heavy atom. The van der Waals surface area contributed by atoms with E-state index in [4.69, 9.17) is 14.5 Å². The number of anilines is 1. The molecule has 0 atom stereocenters. The summed E-state index contributed by atoms with van der Waals surface area (Å²) in [7, 11) is 3.13. The molecule has 2 aromatic carbocycles. The number of aryl methyl sites for hydroxylation is 2. The molecule has 0 spiro atoms. The molecule has 0 aliphatic heterocycles. The van der Waals surface area contributed by atoms with Crippen LogP contribution in [0.15, 0.2) is 54.7 Å². The molecule has 0 saturated carbocycles. The summed E-state index contributed by atoms with van der Waals surface area (Å²) in [6.45, 7) is 4.39. The number of rotatable bonds is 6. The van der Waals surface area contributed by atoms with Gasteiger partial charge in [0.2, 0.25) is 0 Å². The second kappa shape index (κ2) is 8.73. The lowest BCUT2D eigenvalue weighted by Gasteiger charge is -2.20. The summed E-state index contributed by atoms with van der Waals surface area (Å²) in [6, 6.07) is 15.0. The van der Waals surface area contributed by atoms with Crippen molar-refractivity contribution >= 4 is 32.6 Å². The molecule has 158 valence electrons. The van der Waals surface area contributed by atoms with Gasteiger partial charge in [-0.3, -0.25) is 14.7 Å². The average molecular weight is 434 g/mol. The Morgan fingerprint density at radius 1 is 1.00 bits per heavy atom. The molecule has 4 rings (SSSR count). The van der Waals surface area contributed by atoms with E-state index in [1.54, 1.807) is 43.5 Å². The van der Waals surface area contributed by atoms with E-state index in [0.29, 0.717) is 28.7 Å². The molecule has 1 amide bonds. The highest BCUT2D eigenvalue weighted by Gasteiger charge is 2.24. The first kappa shape index (κ1) is 20.8. The van der Waals surface area contributed by atoms with Crippen LogP contribution in [0.5, 0.6) is 11.5 Å². The smallest absolute Gasteiger partial charge is 0.260 e. The van der Waals surface area contributed by atoms with Gasteiger partial charge in [0.05, 0.1) is 36.7 Å². The highest BCUT2D eigenvalue weighted by Crippen LogP contribution is 2.35. The van der Waals surface area contributed by atoms with Gasteiger partial charge in [-0.15, -0.1) is 0 Å². The summed E-state index contributed by atoms with van der Waals surface area (Å²) in [5.41, 5.74) is 4.37. The molecule has 0 fully saturated rings. The predicted molar refractivity (Wildman–Crippen MR) is 123 cm³/mol. The van der Waals surface area contributed by atoms with Crippen molar-refractivity contribution in [2.24, 2.45) is 0 Å². The second-order valence-electron chi connectivity index (χ2n) is 7.19. The third-order valence-corrected chi connectivity index (χ3v) is 6.27. The minimum Gasteiger partial charge on any atom is -0.497 e. The number of fused-ring (bicyclic) bond motifs is 1. The van der Waals surface area contributed by atoms with Crippen molar-refractivity contribution in [3.8, 4) is 11.5 Å². The maximum atomic E-state index is 13.7. The number of benzene rings is 2. The molecule has 2 heterocycles. The Labute approximate surface area is 185 Å². The fourth-order valence-electron chi connectivity index (χ4n) is 3.33. The Morgan fingerprint density at radius 2 is 1.71 bits per heavy atom. The molecule has 0 bridgehead atoms. The lowest BCUT2D eigenvalue weighted by molar-refractivity contribution is 0.0984. The quantitative estimate of drug-likeness (QED) is 0.420. The summed E-state index contributed by atoms with van der Waals surface area (Å²) < 4.78 is 11.8. The first-order valence-electron chi connectivity index (χ1n) is 9.81. The Bertz CT molecular complexity index is 1180. The monoisotopic (exact) mass is 433 g/mol. The molecule has 0 unspecified atom stereocenters. The molecule has 0 saturated heterocycles. The zero-order chi connectivity index (χ0) is 22.0. The van der Waals surface area contributed by atoms with E-state index < -0.39 is 0 Å². The van der Waals surface area contributed by atoms with Gasteiger partial charge < -0.3 is 9.47 Å². The first-order chi connectivity index (χ1) is 15.0. The van der Waals surface area contributed by atoms with Crippen molar-refractivity contribution in [2.75, 3.05) is 19.1 Å². The zero-order valence-corrected chi connectivity index (χ0v) is 18.7. The van der Waals surface area contributed by atoms with E-state index in [-0.39, 0.29) is 5.91 Å². The maximum absolute atomic E-state index is 13.7. The lowest BCUT2D eigenvalue weighted by Crippen LogP contribution is -2.30. The lowest BCUT2D eigenvalue weighted by atomic mass is 10.1. The van der Waals surface area contributed by atoms with Crippen molar-refractivity contribution in [1.29, 1.82) is 0 Å². The molecule has 0 radical (unpaired) electrons. The molecule has 31 heavy (non-hydrogen) atoms. The van der Waals surface area contributed by atoms with Gasteiger partial charge in [-0.2, -0.15) is 0 Å². The summed E-state index contributed by atoms with van der Waals surface area (Å²) in [5.74, 6) is 0.908. The topological polar surface area (TPSA) is 64.6 Å². The molecular formula is C24H23N3O3S. The van der Waals surface area contributed by atoms with E-state index in [1.165, 1.54) is 11.3 Å². The normalized spacial score (nSPS) is 10.8. The molecular weight excluding hydrogens is 410 g/mol. The number of nitrogens with zero attached hydrogens (tertiary/aromatic N) is 3. The van der Waals surface area contributed by atoms with Gasteiger partial charge in [0, 0.05) is 17.8 Å². The van der Waals surface area contributed by atoms with E-state index >= 15 is 0 Å². The van der Waals surface area contributed by atoms with Crippen LogP contribution in [0.1, 0.15) is 27.2 Å². The fraction of sp³-hybridized carbons (Fsp3) is 0.208. The minimum absolute atomic E-state index is 0.197. The van der Waals surface area contributed by atoms with Crippen LogP contribution in [0, 0.1) is 13.8 Å². The number of aromatic nitrogens is 2. The van der Waals surface area contributed by atoms with E-state index in [2.05, 4.69) is 24.0 Å². The van der Waals surface area contributed by atoms with Crippen molar-refractivity contribution < 1.29 is 14.3 Å². The number of hydrogen-bond donors (Lipinski definition) is 0. The van der Waals surface area contributed by atoms with E-state index in [0.717, 1.165) is 27.0 Å². The third kappa shape index (κ3) is 4.22. The highest BCUT2D eigenvalue weighted by atomic mass is 32.1. The van der Waals surface area contributed by atoms with Gasteiger partial charge in [-0.1, -0.05) is 29.5 Å². The van der Waals surface area contributed by atoms with Gasteiger partial charge in [-0.25, -0.2) is 4.98 Å². The maximum Gasteiger partial charge on any atom is 0.260 e. The number of hydrogen-bond acceptors (Lipinski definition) is 6. The van der Waals surface area contributed by atoms with Gasteiger partial charge in [0.1, 0.15) is 11.5 Å². The number of carbonyl (C=O) groups excluding carboxylic acids is 1. The Balaban J connectivity index is 1.83. The van der Waals surface area contributed by atoms with Crippen LogP contribution in [0.2, 0.25) is 0 Å². The average Bonchev–Trinajstić information content (AvgIpc) is 3.26.